The van der Waals surface area contributed by atoms with Gasteiger partial charge in [0.15, 0.2) is 5.65 Å². The molecule has 0 aliphatic heterocycles. The van der Waals surface area contributed by atoms with Gasteiger partial charge in [-0.25, -0.2) is 9.07 Å². The van der Waals surface area contributed by atoms with E-state index >= 15 is 0 Å². The average Bonchev–Trinajstić information content (AvgIpc) is 2.70. The van der Waals surface area contributed by atoms with Crippen molar-refractivity contribution in [3.05, 3.63) is 24.1 Å². The molecule has 0 aliphatic carbocycles. The van der Waals surface area contributed by atoms with E-state index in [4.69, 9.17) is 4.74 Å². The minimum Gasteiger partial charge on any atom is -0.494 e. The number of methoxy groups -OCH3 is 1. The highest BCUT2D eigenvalue weighted by Crippen LogP contribution is 2.29. The Morgan fingerprint density at radius 1 is 1.24 bits per heavy atom. The van der Waals surface area contributed by atoms with Crippen molar-refractivity contribution < 1.29 is 9.13 Å². The Kier molecular flexibility index (Phi) is 1.98. The van der Waals surface area contributed by atoms with Crippen LogP contribution < -0.4 is 4.74 Å². The van der Waals surface area contributed by atoms with Crippen LogP contribution in [0.15, 0.2) is 18.3 Å². The standard InChI is InChI=1S/C11H9FN4O/c1-16-11-8(5-13-16)7-3-6(12)4-9(17-2)10(7)14-15-11/h3-5H,1-2H3. The smallest absolute Gasteiger partial charge is 0.180 e. The molecule has 1 aromatic carbocycles. The third-order valence-electron chi connectivity index (χ3n) is 2.70. The van der Waals surface area contributed by atoms with Crippen LogP contribution in [0.5, 0.6) is 5.75 Å². The first-order chi connectivity index (χ1) is 8.20. The van der Waals surface area contributed by atoms with E-state index < -0.39 is 0 Å². The van der Waals surface area contributed by atoms with Crippen LogP contribution in [0.25, 0.3) is 21.9 Å². The third-order valence-corrected chi connectivity index (χ3v) is 2.70. The number of rotatable bonds is 1. The summed E-state index contributed by atoms with van der Waals surface area (Å²) in [5, 5.41) is 13.6. The van der Waals surface area contributed by atoms with Crippen LogP contribution in [0.2, 0.25) is 0 Å². The van der Waals surface area contributed by atoms with Crippen molar-refractivity contribution >= 4 is 21.9 Å². The maximum atomic E-state index is 13.5. The summed E-state index contributed by atoms with van der Waals surface area (Å²) in [4.78, 5) is 0. The molecule has 6 heteroatoms. The number of halogens is 1. The molecule has 0 amide bonds. The molecule has 0 spiro atoms. The quantitative estimate of drug-likeness (QED) is 0.640. The summed E-state index contributed by atoms with van der Waals surface area (Å²) in [6, 6.07) is 2.70. The zero-order valence-corrected chi connectivity index (χ0v) is 9.31. The highest BCUT2D eigenvalue weighted by Gasteiger charge is 2.12. The molecule has 0 bridgehead atoms. The number of aromatic nitrogens is 4. The SMILES string of the molecule is COc1cc(F)cc2c1nnc1c2cnn1C. The van der Waals surface area contributed by atoms with E-state index in [0.717, 1.165) is 5.39 Å². The van der Waals surface area contributed by atoms with Crippen LogP contribution in [0, 0.1) is 5.82 Å². The number of nitrogens with zero attached hydrogens (tertiary/aromatic N) is 4. The number of ether oxygens (including phenoxy) is 1. The monoisotopic (exact) mass is 232 g/mol. The summed E-state index contributed by atoms with van der Waals surface area (Å²) >= 11 is 0. The van der Waals surface area contributed by atoms with E-state index in [0.29, 0.717) is 22.3 Å². The highest BCUT2D eigenvalue weighted by molar-refractivity contribution is 6.04. The van der Waals surface area contributed by atoms with Gasteiger partial charge in [0.25, 0.3) is 0 Å². The maximum Gasteiger partial charge on any atom is 0.180 e. The molecule has 0 aliphatic rings. The molecule has 3 rings (SSSR count). The van der Waals surface area contributed by atoms with Gasteiger partial charge in [-0.2, -0.15) is 5.10 Å². The molecule has 86 valence electrons. The van der Waals surface area contributed by atoms with Crippen LogP contribution in [-0.2, 0) is 7.05 Å². The molecule has 0 saturated heterocycles. The summed E-state index contributed by atoms with van der Waals surface area (Å²) in [5.41, 5.74) is 1.15. The molecule has 17 heavy (non-hydrogen) atoms. The summed E-state index contributed by atoms with van der Waals surface area (Å²) in [7, 11) is 3.24. The van der Waals surface area contributed by atoms with Crippen molar-refractivity contribution in [1.29, 1.82) is 0 Å². The fraction of sp³-hybridized carbons (Fsp3) is 0.182. The lowest BCUT2D eigenvalue weighted by Gasteiger charge is -2.04. The Morgan fingerprint density at radius 3 is 2.82 bits per heavy atom. The van der Waals surface area contributed by atoms with Crippen LogP contribution in [-0.4, -0.2) is 27.1 Å². The Morgan fingerprint density at radius 2 is 2.06 bits per heavy atom. The molecule has 0 atom stereocenters. The lowest BCUT2D eigenvalue weighted by atomic mass is 10.1. The molecule has 0 unspecified atom stereocenters. The number of fused-ring (bicyclic) bond motifs is 3. The number of benzene rings is 1. The van der Waals surface area contributed by atoms with E-state index in [-0.39, 0.29) is 5.82 Å². The predicted octanol–water partition coefficient (Wildman–Crippen LogP) is 1.66. The highest BCUT2D eigenvalue weighted by atomic mass is 19.1. The second kappa shape index (κ2) is 3.38. The number of hydrogen-bond acceptors (Lipinski definition) is 4. The van der Waals surface area contributed by atoms with Gasteiger partial charge in [0.1, 0.15) is 17.1 Å². The second-order valence-corrected chi connectivity index (χ2v) is 3.71. The van der Waals surface area contributed by atoms with Gasteiger partial charge in [-0.15, -0.1) is 10.2 Å². The van der Waals surface area contributed by atoms with E-state index in [2.05, 4.69) is 15.3 Å². The average molecular weight is 232 g/mol. The van der Waals surface area contributed by atoms with Crippen LogP contribution in [0.3, 0.4) is 0 Å². The van der Waals surface area contributed by atoms with Crippen molar-refractivity contribution in [3.8, 4) is 5.75 Å². The Balaban J connectivity index is 2.53. The van der Waals surface area contributed by atoms with Crippen molar-refractivity contribution in [2.24, 2.45) is 7.05 Å². The molecule has 0 N–H and O–H groups in total. The second-order valence-electron chi connectivity index (χ2n) is 3.71. The minimum atomic E-state index is -0.368. The normalized spacial score (nSPS) is 11.2. The predicted molar refractivity (Wildman–Crippen MR) is 60.3 cm³/mol. The molecule has 5 nitrogen and oxygen atoms in total. The number of hydrogen-bond donors (Lipinski definition) is 0. The third kappa shape index (κ3) is 1.33. The van der Waals surface area contributed by atoms with Gasteiger partial charge in [0, 0.05) is 18.5 Å². The van der Waals surface area contributed by atoms with E-state index in [1.807, 2.05) is 0 Å². The van der Waals surface area contributed by atoms with Crippen molar-refractivity contribution in [1.82, 2.24) is 20.0 Å². The van der Waals surface area contributed by atoms with E-state index in [9.17, 15) is 4.39 Å². The van der Waals surface area contributed by atoms with Gasteiger partial charge in [-0.3, -0.25) is 0 Å². The van der Waals surface area contributed by atoms with E-state index in [1.165, 1.54) is 19.2 Å². The summed E-state index contributed by atoms with van der Waals surface area (Å²) in [6.07, 6.45) is 1.64. The maximum absolute atomic E-state index is 13.5. The van der Waals surface area contributed by atoms with E-state index in [1.54, 1.807) is 17.9 Å². The largest absolute Gasteiger partial charge is 0.494 e. The van der Waals surface area contributed by atoms with Gasteiger partial charge in [-0.1, -0.05) is 0 Å². The molecular formula is C11H9FN4O. The molecule has 0 radical (unpaired) electrons. The summed E-state index contributed by atoms with van der Waals surface area (Å²) in [6.45, 7) is 0. The van der Waals surface area contributed by atoms with Gasteiger partial charge in [0.05, 0.1) is 18.7 Å². The molecule has 3 aromatic rings. The van der Waals surface area contributed by atoms with Crippen LogP contribution in [0.4, 0.5) is 4.39 Å². The van der Waals surface area contributed by atoms with Crippen molar-refractivity contribution in [3.63, 3.8) is 0 Å². The van der Waals surface area contributed by atoms with Gasteiger partial charge in [-0.05, 0) is 6.07 Å². The fourth-order valence-electron chi connectivity index (χ4n) is 1.88. The Bertz CT molecular complexity index is 722. The Hall–Kier alpha value is -2.24. The molecule has 0 saturated carbocycles. The fourth-order valence-corrected chi connectivity index (χ4v) is 1.88. The summed E-state index contributed by atoms with van der Waals surface area (Å²) in [5.74, 6) is 0.00533. The zero-order valence-electron chi connectivity index (χ0n) is 9.31. The van der Waals surface area contributed by atoms with Crippen molar-refractivity contribution in [2.45, 2.75) is 0 Å². The topological polar surface area (TPSA) is 52.8 Å². The van der Waals surface area contributed by atoms with Crippen LogP contribution in [0.1, 0.15) is 0 Å². The number of aryl methyl sites for hydroxylation is 1. The van der Waals surface area contributed by atoms with Gasteiger partial charge in [0.2, 0.25) is 0 Å². The lowest BCUT2D eigenvalue weighted by molar-refractivity contribution is 0.415. The minimum absolute atomic E-state index is 0.368. The first-order valence-electron chi connectivity index (χ1n) is 5.02. The lowest BCUT2D eigenvalue weighted by Crippen LogP contribution is -1.96. The zero-order chi connectivity index (χ0) is 12.0. The van der Waals surface area contributed by atoms with Gasteiger partial charge < -0.3 is 4.74 Å². The Labute approximate surface area is 95.8 Å². The van der Waals surface area contributed by atoms with Crippen LogP contribution >= 0.6 is 0 Å². The molecule has 2 heterocycles. The molecule has 0 fully saturated rings. The van der Waals surface area contributed by atoms with Gasteiger partial charge >= 0.3 is 0 Å². The van der Waals surface area contributed by atoms with Crippen molar-refractivity contribution in [2.75, 3.05) is 7.11 Å². The molecular weight excluding hydrogens is 223 g/mol. The summed E-state index contributed by atoms with van der Waals surface area (Å²) < 4.78 is 20.2. The first-order valence-corrected chi connectivity index (χ1v) is 5.02. The first kappa shape index (κ1) is 9.95. The molecule has 2 aromatic heterocycles.